The molecule has 0 radical (unpaired) electrons. The van der Waals surface area contributed by atoms with Crippen LogP contribution in [0.4, 0.5) is 13.2 Å². The van der Waals surface area contributed by atoms with E-state index in [0.29, 0.717) is 28.6 Å². The van der Waals surface area contributed by atoms with E-state index in [9.17, 15) is 13.2 Å². The average Bonchev–Trinajstić information content (AvgIpc) is 3.19. The van der Waals surface area contributed by atoms with Gasteiger partial charge in [0.2, 0.25) is 0 Å². The van der Waals surface area contributed by atoms with Crippen LogP contribution in [0.1, 0.15) is 22.4 Å². The lowest BCUT2D eigenvalue weighted by Crippen LogP contribution is -2.08. The zero-order chi connectivity index (χ0) is 25.4. The summed E-state index contributed by atoms with van der Waals surface area (Å²) in [5.74, 6) is 0.610. The number of hydrogen-bond donors (Lipinski definition) is 0. The van der Waals surface area contributed by atoms with Gasteiger partial charge in [0, 0.05) is 10.6 Å². The molecule has 0 aliphatic rings. The molecule has 0 bridgehead atoms. The molecule has 2 heterocycles. The maximum atomic E-state index is 14.1. The molecule has 0 amide bonds. The topological polar surface area (TPSA) is 39.9 Å². The summed E-state index contributed by atoms with van der Waals surface area (Å²) in [6, 6.07) is 22.6. The maximum absolute atomic E-state index is 14.1. The van der Waals surface area contributed by atoms with E-state index in [1.807, 2.05) is 31.2 Å². The lowest BCUT2D eigenvalue weighted by Gasteiger charge is -2.13. The van der Waals surface area contributed by atoms with E-state index in [0.717, 1.165) is 17.2 Å². The van der Waals surface area contributed by atoms with Crippen molar-refractivity contribution in [3.8, 4) is 22.7 Å². The Morgan fingerprint density at radius 2 is 1.67 bits per heavy atom. The van der Waals surface area contributed by atoms with E-state index in [4.69, 9.17) is 16.3 Å². The monoisotopic (exact) mass is 507 g/mol. The first-order valence-corrected chi connectivity index (χ1v) is 11.6. The fourth-order valence-corrected chi connectivity index (χ4v) is 4.29. The molecule has 0 aliphatic heterocycles. The number of nitrogens with zero attached hydrogens (tertiary/aromatic N) is 3. The zero-order valence-electron chi connectivity index (χ0n) is 19.5. The highest BCUT2D eigenvalue weighted by molar-refractivity contribution is 6.30. The summed E-state index contributed by atoms with van der Waals surface area (Å²) in [7, 11) is 0. The van der Waals surface area contributed by atoms with Gasteiger partial charge in [0.05, 0.1) is 28.0 Å². The normalized spacial score (nSPS) is 11.7. The van der Waals surface area contributed by atoms with E-state index in [-0.39, 0.29) is 22.4 Å². The average molecular weight is 508 g/mol. The zero-order valence-corrected chi connectivity index (χ0v) is 20.2. The van der Waals surface area contributed by atoms with Crippen molar-refractivity contribution in [1.29, 1.82) is 0 Å². The Morgan fingerprint density at radius 3 is 2.36 bits per heavy atom. The summed E-state index contributed by atoms with van der Waals surface area (Å²) in [4.78, 5) is 4.60. The molecule has 3 aromatic carbocycles. The smallest absolute Gasteiger partial charge is 0.417 e. The Hall–Kier alpha value is -3.84. The second-order valence-electron chi connectivity index (χ2n) is 8.47. The van der Waals surface area contributed by atoms with E-state index in [1.165, 1.54) is 4.68 Å². The molecule has 36 heavy (non-hydrogen) atoms. The largest absolute Gasteiger partial charge is 0.489 e. The van der Waals surface area contributed by atoms with Crippen molar-refractivity contribution < 1.29 is 17.9 Å². The number of pyridine rings is 1. The molecule has 0 spiro atoms. The molecule has 0 fully saturated rings. The van der Waals surface area contributed by atoms with Gasteiger partial charge in [0.25, 0.3) is 0 Å². The molecule has 2 aromatic heterocycles. The van der Waals surface area contributed by atoms with E-state index in [2.05, 4.69) is 10.1 Å². The van der Waals surface area contributed by atoms with Crippen LogP contribution in [-0.2, 0) is 12.8 Å². The number of ether oxygens (including phenoxy) is 1. The van der Waals surface area contributed by atoms with Gasteiger partial charge in [-0.25, -0.2) is 9.67 Å². The van der Waals surface area contributed by atoms with Crippen LogP contribution < -0.4 is 4.74 Å². The highest BCUT2D eigenvalue weighted by atomic mass is 35.5. The molecule has 0 N–H and O–H groups in total. The van der Waals surface area contributed by atoms with Gasteiger partial charge in [-0.2, -0.15) is 18.3 Å². The summed E-state index contributed by atoms with van der Waals surface area (Å²) in [5, 5.41) is 4.77. The standard InChI is InChI=1S/C28H21ClF3N3O/c1-17-6-3-4-7-20(17)16-36-23-12-10-19(11-13-23)25-15-24(28(30,31)32)26-18(2)34-35(27(26)33-25)22-9-5-8-21(29)14-22/h3-15H,16H2,1-2H3. The van der Waals surface area contributed by atoms with Crippen molar-refractivity contribution >= 4 is 22.6 Å². The van der Waals surface area contributed by atoms with Gasteiger partial charge in [-0.05, 0) is 73.5 Å². The van der Waals surface area contributed by atoms with Crippen molar-refractivity contribution in [2.24, 2.45) is 0 Å². The summed E-state index contributed by atoms with van der Waals surface area (Å²) in [5.41, 5.74) is 2.99. The molecule has 182 valence electrons. The highest BCUT2D eigenvalue weighted by Crippen LogP contribution is 2.39. The second kappa shape index (κ2) is 9.32. The Kier molecular flexibility index (Phi) is 6.18. The van der Waals surface area contributed by atoms with E-state index >= 15 is 0 Å². The number of fused-ring (bicyclic) bond motifs is 1. The van der Waals surface area contributed by atoms with Gasteiger partial charge in [0.1, 0.15) is 12.4 Å². The summed E-state index contributed by atoms with van der Waals surface area (Å²) in [6.07, 6.45) is -4.58. The van der Waals surface area contributed by atoms with Crippen molar-refractivity contribution in [2.75, 3.05) is 0 Å². The molecular formula is C28H21ClF3N3O. The second-order valence-corrected chi connectivity index (χ2v) is 8.90. The molecular weight excluding hydrogens is 487 g/mol. The molecule has 0 atom stereocenters. The fourth-order valence-electron chi connectivity index (χ4n) is 4.10. The SMILES string of the molecule is Cc1ccccc1COc1ccc(-c2cc(C(F)(F)F)c3c(C)nn(-c4cccc(Cl)c4)c3n2)cc1. The van der Waals surface area contributed by atoms with Gasteiger partial charge in [-0.15, -0.1) is 0 Å². The molecule has 8 heteroatoms. The van der Waals surface area contributed by atoms with Gasteiger partial charge in [-0.1, -0.05) is 41.9 Å². The minimum atomic E-state index is -4.58. The van der Waals surface area contributed by atoms with Crippen molar-refractivity contribution in [3.63, 3.8) is 0 Å². The van der Waals surface area contributed by atoms with Gasteiger partial charge in [0.15, 0.2) is 5.65 Å². The van der Waals surface area contributed by atoms with Gasteiger partial charge >= 0.3 is 6.18 Å². The molecule has 5 aromatic rings. The van der Waals surface area contributed by atoms with Gasteiger partial charge < -0.3 is 4.74 Å². The van der Waals surface area contributed by atoms with Crippen LogP contribution in [0.25, 0.3) is 28.0 Å². The Bertz CT molecular complexity index is 1560. The van der Waals surface area contributed by atoms with Crippen LogP contribution in [0, 0.1) is 13.8 Å². The maximum Gasteiger partial charge on any atom is 0.417 e. The molecule has 0 saturated carbocycles. The number of benzene rings is 3. The third kappa shape index (κ3) is 4.66. The first-order valence-electron chi connectivity index (χ1n) is 11.2. The van der Waals surface area contributed by atoms with Crippen molar-refractivity contribution in [2.45, 2.75) is 26.6 Å². The predicted molar refractivity (Wildman–Crippen MR) is 135 cm³/mol. The first kappa shape index (κ1) is 23.9. The number of alkyl halides is 3. The molecule has 5 rings (SSSR count). The van der Waals surface area contributed by atoms with Gasteiger partial charge in [-0.3, -0.25) is 0 Å². The Balaban J connectivity index is 1.55. The quantitative estimate of drug-likeness (QED) is 0.242. The molecule has 0 unspecified atom stereocenters. The van der Waals surface area contributed by atoms with Crippen molar-refractivity contribution in [1.82, 2.24) is 14.8 Å². The predicted octanol–water partition coefficient (Wildman–Crippen LogP) is 7.96. The minimum absolute atomic E-state index is 0.0376. The van der Waals surface area contributed by atoms with Crippen LogP contribution in [0.3, 0.4) is 0 Å². The number of aromatic nitrogens is 3. The van der Waals surface area contributed by atoms with Crippen LogP contribution in [0.2, 0.25) is 5.02 Å². The van der Waals surface area contributed by atoms with Crippen LogP contribution >= 0.6 is 11.6 Å². The summed E-state index contributed by atoms with van der Waals surface area (Å²) in [6.45, 7) is 3.95. The Morgan fingerprint density at radius 1 is 0.917 bits per heavy atom. The molecule has 4 nitrogen and oxygen atoms in total. The number of rotatable bonds is 5. The first-order chi connectivity index (χ1) is 17.2. The lowest BCUT2D eigenvalue weighted by atomic mass is 10.0. The number of hydrogen-bond acceptors (Lipinski definition) is 3. The molecule has 0 saturated heterocycles. The minimum Gasteiger partial charge on any atom is -0.489 e. The number of aryl methyl sites for hydroxylation is 2. The molecule has 0 aliphatic carbocycles. The third-order valence-electron chi connectivity index (χ3n) is 5.98. The van der Waals surface area contributed by atoms with E-state index in [1.54, 1.807) is 55.5 Å². The van der Waals surface area contributed by atoms with E-state index < -0.39 is 11.7 Å². The van der Waals surface area contributed by atoms with Crippen LogP contribution in [0.15, 0.2) is 78.9 Å². The summed E-state index contributed by atoms with van der Waals surface area (Å²) >= 11 is 6.12. The summed E-state index contributed by atoms with van der Waals surface area (Å²) < 4.78 is 49.6. The van der Waals surface area contributed by atoms with Crippen LogP contribution in [-0.4, -0.2) is 14.8 Å². The fraction of sp³-hybridized carbons (Fsp3) is 0.143. The highest BCUT2D eigenvalue weighted by Gasteiger charge is 2.36. The number of halogens is 4. The van der Waals surface area contributed by atoms with Crippen molar-refractivity contribution in [3.05, 3.63) is 106 Å². The Labute approximate surface area is 210 Å². The van der Waals surface area contributed by atoms with Crippen LogP contribution in [0.5, 0.6) is 5.75 Å². The lowest BCUT2D eigenvalue weighted by molar-refractivity contribution is -0.136. The third-order valence-corrected chi connectivity index (χ3v) is 6.21.